The standard InChI is InChI=1S/C14H14.C4H5N/c1-11-7-6-10-14(12(11)2)13-8-4-3-5-9-13;1-2-4-5-3-1/h3-10H,1-2H3;1-5H. The molecule has 0 spiro atoms. The van der Waals surface area contributed by atoms with E-state index in [9.17, 15) is 0 Å². The molecule has 0 amide bonds. The molecular weight excluding hydrogens is 230 g/mol. The van der Waals surface area contributed by atoms with E-state index >= 15 is 0 Å². The first kappa shape index (κ1) is 13.2. The molecule has 2 aromatic carbocycles. The van der Waals surface area contributed by atoms with E-state index in [1.165, 1.54) is 22.3 Å². The molecule has 0 bridgehead atoms. The molecule has 0 atom stereocenters. The third-order valence-corrected chi connectivity index (χ3v) is 3.19. The summed E-state index contributed by atoms with van der Waals surface area (Å²) in [6.45, 7) is 4.33. The van der Waals surface area contributed by atoms with Crippen LogP contribution in [0.3, 0.4) is 0 Å². The predicted octanol–water partition coefficient (Wildman–Crippen LogP) is 4.99. The van der Waals surface area contributed by atoms with Gasteiger partial charge in [-0.1, -0.05) is 48.5 Å². The maximum Gasteiger partial charge on any atom is 0.000496 e. The van der Waals surface area contributed by atoms with Gasteiger partial charge in [0.25, 0.3) is 0 Å². The van der Waals surface area contributed by atoms with Crippen molar-refractivity contribution in [1.29, 1.82) is 0 Å². The smallest absolute Gasteiger partial charge is 0.000496 e. The second-order valence-electron chi connectivity index (χ2n) is 4.50. The number of hydrogen-bond acceptors (Lipinski definition) is 0. The van der Waals surface area contributed by atoms with Gasteiger partial charge in [0.2, 0.25) is 0 Å². The normalized spacial score (nSPS) is 9.58. The number of nitrogens with one attached hydrogen (secondary N) is 1. The number of benzene rings is 2. The fraction of sp³-hybridized carbons (Fsp3) is 0.111. The minimum atomic E-state index is 1.30. The van der Waals surface area contributed by atoms with Gasteiger partial charge in [-0.05, 0) is 48.2 Å². The van der Waals surface area contributed by atoms with Gasteiger partial charge in [-0.15, -0.1) is 0 Å². The Hall–Kier alpha value is -2.28. The van der Waals surface area contributed by atoms with E-state index in [1.807, 2.05) is 24.5 Å². The highest BCUT2D eigenvalue weighted by Crippen LogP contribution is 2.24. The topological polar surface area (TPSA) is 15.8 Å². The summed E-state index contributed by atoms with van der Waals surface area (Å²) < 4.78 is 0. The SMILES string of the molecule is Cc1cccc(-c2ccccc2)c1C.c1cc[nH]c1. The zero-order chi connectivity index (χ0) is 13.5. The number of hydrogen-bond donors (Lipinski definition) is 1. The van der Waals surface area contributed by atoms with Crippen molar-refractivity contribution in [1.82, 2.24) is 4.98 Å². The van der Waals surface area contributed by atoms with Crippen molar-refractivity contribution in [3.8, 4) is 11.1 Å². The molecule has 3 aromatic rings. The lowest BCUT2D eigenvalue weighted by molar-refractivity contribution is 1.34. The van der Waals surface area contributed by atoms with Crippen molar-refractivity contribution in [2.24, 2.45) is 0 Å². The Morgan fingerprint density at radius 3 is 1.95 bits per heavy atom. The predicted molar refractivity (Wildman–Crippen MR) is 82.1 cm³/mol. The quantitative estimate of drug-likeness (QED) is 0.625. The van der Waals surface area contributed by atoms with Crippen molar-refractivity contribution < 1.29 is 0 Å². The van der Waals surface area contributed by atoms with E-state index in [1.54, 1.807) is 0 Å². The molecule has 1 N–H and O–H groups in total. The van der Waals surface area contributed by atoms with Crippen LogP contribution in [0.15, 0.2) is 73.1 Å². The summed E-state index contributed by atoms with van der Waals surface area (Å²) in [5.74, 6) is 0. The molecule has 1 heteroatoms. The average Bonchev–Trinajstić information content (AvgIpc) is 3.02. The van der Waals surface area contributed by atoms with Crippen LogP contribution >= 0.6 is 0 Å². The van der Waals surface area contributed by atoms with Crippen molar-refractivity contribution in [2.75, 3.05) is 0 Å². The molecule has 1 nitrogen and oxygen atoms in total. The van der Waals surface area contributed by atoms with Gasteiger partial charge < -0.3 is 4.98 Å². The lowest BCUT2D eigenvalue weighted by Gasteiger charge is -2.07. The molecular formula is C18H19N. The maximum absolute atomic E-state index is 2.86. The van der Waals surface area contributed by atoms with Gasteiger partial charge >= 0.3 is 0 Å². The summed E-state index contributed by atoms with van der Waals surface area (Å²) in [4.78, 5) is 2.86. The van der Waals surface area contributed by atoms with Crippen molar-refractivity contribution in [3.63, 3.8) is 0 Å². The average molecular weight is 249 g/mol. The summed E-state index contributed by atoms with van der Waals surface area (Å²) in [7, 11) is 0. The molecule has 3 rings (SSSR count). The minimum Gasteiger partial charge on any atom is -0.368 e. The zero-order valence-corrected chi connectivity index (χ0v) is 11.4. The van der Waals surface area contributed by atoms with Crippen LogP contribution in [-0.2, 0) is 0 Å². The van der Waals surface area contributed by atoms with E-state index in [0.717, 1.165) is 0 Å². The van der Waals surface area contributed by atoms with Gasteiger partial charge in [-0.2, -0.15) is 0 Å². The van der Waals surface area contributed by atoms with Crippen LogP contribution in [0, 0.1) is 13.8 Å². The van der Waals surface area contributed by atoms with Crippen molar-refractivity contribution in [2.45, 2.75) is 13.8 Å². The molecule has 19 heavy (non-hydrogen) atoms. The molecule has 0 unspecified atom stereocenters. The molecule has 1 heterocycles. The van der Waals surface area contributed by atoms with Gasteiger partial charge in [-0.25, -0.2) is 0 Å². The Balaban J connectivity index is 0.000000224. The molecule has 0 fully saturated rings. The summed E-state index contributed by atoms with van der Waals surface area (Å²) in [5, 5.41) is 0. The molecule has 0 radical (unpaired) electrons. The van der Waals surface area contributed by atoms with Crippen LogP contribution in [0.2, 0.25) is 0 Å². The van der Waals surface area contributed by atoms with Crippen LogP contribution in [0.1, 0.15) is 11.1 Å². The van der Waals surface area contributed by atoms with Gasteiger partial charge in [0.05, 0.1) is 0 Å². The Kier molecular flexibility index (Phi) is 4.57. The highest BCUT2D eigenvalue weighted by atomic mass is 14.6. The maximum atomic E-state index is 2.86. The molecule has 0 saturated carbocycles. The highest BCUT2D eigenvalue weighted by Gasteiger charge is 2.01. The molecule has 0 saturated heterocycles. The van der Waals surface area contributed by atoms with Crippen LogP contribution < -0.4 is 0 Å². The third kappa shape index (κ3) is 3.59. The zero-order valence-electron chi connectivity index (χ0n) is 11.4. The number of aromatic amines is 1. The van der Waals surface area contributed by atoms with Gasteiger partial charge in [0.15, 0.2) is 0 Å². The van der Waals surface area contributed by atoms with Crippen LogP contribution in [0.5, 0.6) is 0 Å². The molecule has 0 aliphatic heterocycles. The molecule has 96 valence electrons. The lowest BCUT2D eigenvalue weighted by Crippen LogP contribution is -1.85. The lowest BCUT2D eigenvalue weighted by atomic mass is 9.97. The Bertz CT molecular complexity index is 578. The number of H-pyrrole nitrogens is 1. The van der Waals surface area contributed by atoms with E-state index in [0.29, 0.717) is 0 Å². The Morgan fingerprint density at radius 1 is 0.684 bits per heavy atom. The fourth-order valence-electron chi connectivity index (χ4n) is 1.96. The van der Waals surface area contributed by atoms with Crippen LogP contribution in [-0.4, -0.2) is 4.98 Å². The first-order valence-electron chi connectivity index (χ1n) is 6.48. The monoisotopic (exact) mass is 249 g/mol. The Morgan fingerprint density at radius 2 is 1.37 bits per heavy atom. The summed E-state index contributed by atoms with van der Waals surface area (Å²) in [6, 6.07) is 20.9. The first-order valence-corrected chi connectivity index (χ1v) is 6.48. The molecule has 0 aliphatic carbocycles. The van der Waals surface area contributed by atoms with E-state index < -0.39 is 0 Å². The van der Waals surface area contributed by atoms with Crippen molar-refractivity contribution in [3.05, 3.63) is 84.2 Å². The summed E-state index contributed by atoms with van der Waals surface area (Å²) in [6.07, 6.45) is 3.75. The number of rotatable bonds is 1. The van der Waals surface area contributed by atoms with Gasteiger partial charge in [0.1, 0.15) is 0 Å². The van der Waals surface area contributed by atoms with Crippen LogP contribution in [0.4, 0.5) is 0 Å². The minimum absolute atomic E-state index is 1.30. The summed E-state index contributed by atoms with van der Waals surface area (Å²) >= 11 is 0. The largest absolute Gasteiger partial charge is 0.368 e. The van der Waals surface area contributed by atoms with Crippen LogP contribution in [0.25, 0.3) is 11.1 Å². The van der Waals surface area contributed by atoms with Gasteiger partial charge in [-0.3, -0.25) is 0 Å². The number of aryl methyl sites for hydroxylation is 1. The summed E-state index contributed by atoms with van der Waals surface area (Å²) in [5.41, 5.74) is 5.37. The molecule has 0 aliphatic rings. The van der Waals surface area contributed by atoms with E-state index in [2.05, 4.69) is 67.4 Å². The van der Waals surface area contributed by atoms with E-state index in [-0.39, 0.29) is 0 Å². The molecule has 1 aromatic heterocycles. The fourth-order valence-corrected chi connectivity index (χ4v) is 1.96. The Labute approximate surface area is 114 Å². The van der Waals surface area contributed by atoms with Crippen molar-refractivity contribution >= 4 is 0 Å². The second-order valence-corrected chi connectivity index (χ2v) is 4.50. The number of aromatic nitrogens is 1. The van der Waals surface area contributed by atoms with Gasteiger partial charge in [0, 0.05) is 12.4 Å². The first-order chi connectivity index (χ1) is 9.29. The van der Waals surface area contributed by atoms with E-state index in [4.69, 9.17) is 0 Å². The second kappa shape index (κ2) is 6.60. The highest BCUT2D eigenvalue weighted by molar-refractivity contribution is 5.68. The third-order valence-electron chi connectivity index (χ3n) is 3.19.